The number of hydrogen-bond donors (Lipinski definition) is 2. The minimum atomic E-state index is -0.497. The van der Waals surface area contributed by atoms with Crippen molar-refractivity contribution in [2.24, 2.45) is 0 Å². The highest BCUT2D eigenvalue weighted by Crippen LogP contribution is 2.21. The minimum Gasteiger partial charge on any atom is -0.444 e. The van der Waals surface area contributed by atoms with E-state index < -0.39 is 5.60 Å². The third-order valence-electron chi connectivity index (χ3n) is 2.73. The number of carbonyl (C=O) groups excluding carboxylic acids is 1. The van der Waals surface area contributed by atoms with Gasteiger partial charge in [-0.15, -0.1) is 0 Å². The summed E-state index contributed by atoms with van der Waals surface area (Å²) in [5.74, 6) is 0. The molecule has 0 radical (unpaired) electrons. The second-order valence-electron chi connectivity index (χ2n) is 6.27. The van der Waals surface area contributed by atoms with Gasteiger partial charge in [-0.3, -0.25) is 0 Å². The summed E-state index contributed by atoms with van der Waals surface area (Å²) in [5.41, 5.74) is 5.10. The van der Waals surface area contributed by atoms with E-state index >= 15 is 0 Å². The standard InChI is InChI=1S/C14H26N4O2S/c1-9(2)18(13(19)20-14(4,5)6)10(3)7-16-11-8-17-12(15)21-11/h8-10,16H,7H2,1-6H3,(H2,15,17). The Morgan fingerprint density at radius 2 is 2.10 bits per heavy atom. The Balaban J connectivity index is 2.64. The Kier molecular flexibility index (Phi) is 5.83. The molecule has 0 aliphatic rings. The molecule has 120 valence electrons. The van der Waals surface area contributed by atoms with E-state index in [4.69, 9.17) is 10.5 Å². The fraction of sp³-hybridized carbons (Fsp3) is 0.714. The van der Waals surface area contributed by atoms with E-state index in [1.54, 1.807) is 11.1 Å². The van der Waals surface area contributed by atoms with E-state index in [1.165, 1.54) is 11.3 Å². The summed E-state index contributed by atoms with van der Waals surface area (Å²) >= 11 is 1.39. The Morgan fingerprint density at radius 3 is 2.52 bits per heavy atom. The van der Waals surface area contributed by atoms with Crippen molar-refractivity contribution in [2.45, 2.75) is 59.2 Å². The second-order valence-corrected chi connectivity index (χ2v) is 7.34. The van der Waals surface area contributed by atoms with E-state index in [9.17, 15) is 4.79 Å². The lowest BCUT2D eigenvalue weighted by Crippen LogP contribution is -2.48. The first-order valence-electron chi connectivity index (χ1n) is 7.06. The third kappa shape index (κ3) is 5.79. The Labute approximate surface area is 130 Å². The molecule has 1 aromatic rings. The highest BCUT2D eigenvalue weighted by Gasteiger charge is 2.28. The summed E-state index contributed by atoms with van der Waals surface area (Å²) in [6, 6.07) is 0.0476. The van der Waals surface area contributed by atoms with Gasteiger partial charge >= 0.3 is 6.09 Å². The molecule has 1 aromatic heterocycles. The van der Waals surface area contributed by atoms with Gasteiger partial charge in [-0.1, -0.05) is 11.3 Å². The molecule has 0 fully saturated rings. The van der Waals surface area contributed by atoms with Crippen LogP contribution >= 0.6 is 11.3 Å². The van der Waals surface area contributed by atoms with Gasteiger partial charge < -0.3 is 20.7 Å². The van der Waals surface area contributed by atoms with Crippen LogP contribution in [0.1, 0.15) is 41.5 Å². The molecule has 0 aliphatic heterocycles. The van der Waals surface area contributed by atoms with E-state index in [2.05, 4.69) is 10.3 Å². The molecular formula is C14H26N4O2S. The van der Waals surface area contributed by atoms with E-state index in [0.29, 0.717) is 11.7 Å². The highest BCUT2D eigenvalue weighted by atomic mass is 32.1. The van der Waals surface area contributed by atoms with Crippen LogP contribution in [-0.4, -0.2) is 40.2 Å². The maximum Gasteiger partial charge on any atom is 0.410 e. The zero-order valence-electron chi connectivity index (χ0n) is 13.6. The van der Waals surface area contributed by atoms with Gasteiger partial charge in [-0.2, -0.15) is 0 Å². The van der Waals surface area contributed by atoms with Crippen LogP contribution in [0, 0.1) is 0 Å². The maximum atomic E-state index is 12.3. The predicted octanol–water partition coefficient (Wildman–Crippen LogP) is 3.17. The Hall–Kier alpha value is -1.50. The van der Waals surface area contributed by atoms with Gasteiger partial charge in [-0.25, -0.2) is 9.78 Å². The summed E-state index contributed by atoms with van der Waals surface area (Å²) in [4.78, 5) is 18.0. The van der Waals surface area contributed by atoms with Crippen LogP contribution in [0.25, 0.3) is 0 Å². The lowest BCUT2D eigenvalue weighted by molar-refractivity contribution is 0.0116. The second kappa shape index (κ2) is 6.98. The van der Waals surface area contributed by atoms with Gasteiger partial charge in [0.1, 0.15) is 10.6 Å². The van der Waals surface area contributed by atoms with Gasteiger partial charge in [0.15, 0.2) is 5.13 Å². The molecule has 1 unspecified atom stereocenters. The van der Waals surface area contributed by atoms with Crippen LogP contribution in [0.3, 0.4) is 0 Å². The number of anilines is 2. The number of nitrogens with two attached hydrogens (primary N) is 1. The van der Waals surface area contributed by atoms with Gasteiger partial charge in [-0.05, 0) is 41.5 Å². The molecule has 6 nitrogen and oxygen atoms in total. The van der Waals surface area contributed by atoms with E-state index in [-0.39, 0.29) is 18.2 Å². The molecule has 0 spiro atoms. The average Bonchev–Trinajstić information content (AvgIpc) is 2.69. The normalized spacial score (nSPS) is 13.1. The minimum absolute atomic E-state index is 0.0109. The maximum absolute atomic E-state index is 12.3. The van der Waals surface area contributed by atoms with Crippen LogP contribution < -0.4 is 11.1 Å². The smallest absolute Gasteiger partial charge is 0.410 e. The molecule has 7 heteroatoms. The molecule has 1 amide bonds. The van der Waals surface area contributed by atoms with Gasteiger partial charge in [0, 0.05) is 18.6 Å². The van der Waals surface area contributed by atoms with Crippen LogP contribution in [0.4, 0.5) is 14.9 Å². The molecule has 1 heterocycles. The lowest BCUT2D eigenvalue weighted by atomic mass is 10.2. The zero-order chi connectivity index (χ0) is 16.2. The van der Waals surface area contributed by atoms with Crippen molar-refractivity contribution in [1.82, 2.24) is 9.88 Å². The first-order chi connectivity index (χ1) is 9.60. The summed E-state index contributed by atoms with van der Waals surface area (Å²) in [5, 5.41) is 4.67. The van der Waals surface area contributed by atoms with Crippen molar-refractivity contribution in [2.75, 3.05) is 17.6 Å². The molecule has 0 saturated carbocycles. The van der Waals surface area contributed by atoms with Crippen LogP contribution in [-0.2, 0) is 4.74 Å². The van der Waals surface area contributed by atoms with Gasteiger partial charge in [0.2, 0.25) is 0 Å². The Morgan fingerprint density at radius 1 is 1.48 bits per heavy atom. The molecule has 0 bridgehead atoms. The number of nitrogens with one attached hydrogen (secondary N) is 1. The monoisotopic (exact) mass is 314 g/mol. The summed E-state index contributed by atoms with van der Waals surface area (Å²) in [6.45, 7) is 12.2. The van der Waals surface area contributed by atoms with Crippen molar-refractivity contribution in [3.05, 3.63) is 6.20 Å². The number of nitrogens with zero attached hydrogens (tertiary/aromatic N) is 2. The van der Waals surface area contributed by atoms with Crippen molar-refractivity contribution >= 4 is 27.6 Å². The van der Waals surface area contributed by atoms with Gasteiger partial charge in [0.05, 0.1) is 6.20 Å². The zero-order valence-corrected chi connectivity index (χ0v) is 14.5. The Bertz CT molecular complexity index is 468. The van der Waals surface area contributed by atoms with E-state index in [0.717, 1.165) is 5.00 Å². The van der Waals surface area contributed by atoms with Crippen LogP contribution in [0.2, 0.25) is 0 Å². The number of nitrogen functional groups attached to an aromatic ring is 1. The van der Waals surface area contributed by atoms with Crippen LogP contribution in [0.5, 0.6) is 0 Å². The largest absolute Gasteiger partial charge is 0.444 e. The SMILES string of the molecule is CC(C)N(C(=O)OC(C)(C)C)C(C)CNc1cnc(N)s1. The van der Waals surface area contributed by atoms with Crippen molar-refractivity contribution in [3.63, 3.8) is 0 Å². The van der Waals surface area contributed by atoms with E-state index in [1.807, 2.05) is 41.5 Å². The topological polar surface area (TPSA) is 80.5 Å². The first kappa shape index (κ1) is 17.6. The molecule has 3 N–H and O–H groups in total. The third-order valence-corrected chi connectivity index (χ3v) is 3.52. The number of carbonyl (C=O) groups is 1. The average molecular weight is 314 g/mol. The number of hydrogen-bond acceptors (Lipinski definition) is 6. The quantitative estimate of drug-likeness (QED) is 0.872. The number of ether oxygens (including phenoxy) is 1. The highest BCUT2D eigenvalue weighted by molar-refractivity contribution is 7.19. The summed E-state index contributed by atoms with van der Waals surface area (Å²) in [6.07, 6.45) is 1.40. The molecule has 0 aromatic carbocycles. The van der Waals surface area contributed by atoms with Gasteiger partial charge in [0.25, 0.3) is 0 Å². The molecule has 0 aliphatic carbocycles. The van der Waals surface area contributed by atoms with Crippen LogP contribution in [0.15, 0.2) is 6.20 Å². The van der Waals surface area contributed by atoms with Crippen molar-refractivity contribution < 1.29 is 9.53 Å². The number of aromatic nitrogens is 1. The van der Waals surface area contributed by atoms with Crippen molar-refractivity contribution in [1.29, 1.82) is 0 Å². The molecular weight excluding hydrogens is 288 g/mol. The number of thiazole rings is 1. The number of amides is 1. The molecule has 21 heavy (non-hydrogen) atoms. The first-order valence-corrected chi connectivity index (χ1v) is 7.88. The molecule has 1 rings (SSSR count). The fourth-order valence-corrected chi connectivity index (χ4v) is 2.52. The summed E-state index contributed by atoms with van der Waals surface area (Å²) < 4.78 is 5.47. The predicted molar refractivity (Wildman–Crippen MR) is 87.7 cm³/mol. The molecule has 0 saturated heterocycles. The number of rotatable bonds is 5. The molecule has 1 atom stereocenters. The fourth-order valence-electron chi connectivity index (χ4n) is 1.93. The summed E-state index contributed by atoms with van der Waals surface area (Å²) in [7, 11) is 0. The lowest BCUT2D eigenvalue weighted by Gasteiger charge is -2.34. The van der Waals surface area contributed by atoms with Crippen molar-refractivity contribution in [3.8, 4) is 0 Å².